The van der Waals surface area contributed by atoms with Crippen molar-refractivity contribution in [3.8, 4) is 0 Å². The Morgan fingerprint density at radius 1 is 1.03 bits per heavy atom. The molecule has 9 nitrogen and oxygen atoms in total. The monoisotopic (exact) mass is 493 g/mol. The van der Waals surface area contributed by atoms with Crippen molar-refractivity contribution < 1.29 is 17.9 Å². The van der Waals surface area contributed by atoms with Gasteiger partial charge in [-0.3, -0.25) is 10.1 Å². The summed E-state index contributed by atoms with van der Waals surface area (Å²) < 4.78 is 32.8. The molecule has 32 heavy (non-hydrogen) atoms. The van der Waals surface area contributed by atoms with E-state index in [4.69, 9.17) is 4.74 Å². The zero-order valence-corrected chi connectivity index (χ0v) is 20.7. The van der Waals surface area contributed by atoms with Gasteiger partial charge in [-0.05, 0) is 46.8 Å². The summed E-state index contributed by atoms with van der Waals surface area (Å²) in [6, 6.07) is 6.58. The van der Waals surface area contributed by atoms with Crippen LogP contribution in [0.2, 0.25) is 0 Å². The van der Waals surface area contributed by atoms with Gasteiger partial charge in [-0.1, -0.05) is 40.4 Å². The molecule has 0 radical (unpaired) electrons. The van der Waals surface area contributed by atoms with Gasteiger partial charge in [-0.15, -0.1) is 0 Å². The molecule has 3 rings (SSSR count). The first-order valence-corrected chi connectivity index (χ1v) is 12.7. The molecule has 1 aromatic carbocycles. The van der Waals surface area contributed by atoms with E-state index in [1.54, 1.807) is 52.0 Å². The van der Waals surface area contributed by atoms with Crippen molar-refractivity contribution in [2.45, 2.75) is 39.5 Å². The fraction of sp³-hybridized carbons (Fsp3) is 0.300. The number of sulfonamides is 1. The Balaban J connectivity index is 1.75. The Hall–Kier alpha value is -2.83. The molecule has 0 amide bonds. The molecule has 0 fully saturated rings. The van der Waals surface area contributed by atoms with Crippen LogP contribution in [0.4, 0.5) is 10.3 Å². The lowest BCUT2D eigenvalue weighted by Gasteiger charge is -2.05. The van der Waals surface area contributed by atoms with Crippen LogP contribution in [-0.4, -0.2) is 36.7 Å². The molecule has 2 N–H and O–H groups in total. The molecule has 0 unspecified atom stereocenters. The molecule has 0 spiro atoms. The topological polar surface area (TPSA) is 123 Å². The average Bonchev–Trinajstić information content (AvgIpc) is 3.28. The Morgan fingerprint density at radius 2 is 1.62 bits per heavy atom. The summed E-state index contributed by atoms with van der Waals surface area (Å²) in [6.45, 7) is 9.20. The van der Waals surface area contributed by atoms with Crippen LogP contribution >= 0.6 is 22.7 Å². The van der Waals surface area contributed by atoms with Crippen molar-refractivity contribution in [3.63, 3.8) is 0 Å². The van der Waals surface area contributed by atoms with Crippen LogP contribution in [0.1, 0.15) is 45.3 Å². The maximum absolute atomic E-state index is 12.6. The van der Waals surface area contributed by atoms with E-state index in [9.17, 15) is 13.2 Å². The SMILES string of the molecule is CCOC(=O)c1sc(N/N=C(\C)c2sc(NS(=O)(=O)c3ccc(C)cc3)nc2C)nc1C. The number of hydrogen-bond donors (Lipinski definition) is 2. The Bertz CT molecular complexity index is 1260. The molecule has 0 saturated heterocycles. The molecule has 0 aliphatic carbocycles. The highest BCUT2D eigenvalue weighted by molar-refractivity contribution is 7.93. The van der Waals surface area contributed by atoms with Crippen LogP contribution in [0.5, 0.6) is 0 Å². The third kappa shape index (κ3) is 5.50. The van der Waals surface area contributed by atoms with Crippen molar-refractivity contribution >= 4 is 54.6 Å². The highest BCUT2D eigenvalue weighted by Crippen LogP contribution is 2.27. The van der Waals surface area contributed by atoms with Gasteiger partial charge >= 0.3 is 5.97 Å². The Labute approximate surface area is 194 Å². The van der Waals surface area contributed by atoms with Crippen LogP contribution in [-0.2, 0) is 14.8 Å². The van der Waals surface area contributed by atoms with Crippen molar-refractivity contribution in [2.75, 3.05) is 16.8 Å². The summed E-state index contributed by atoms with van der Waals surface area (Å²) >= 11 is 2.34. The Kier molecular flexibility index (Phi) is 7.26. The lowest BCUT2D eigenvalue weighted by molar-refractivity contribution is 0.0531. The van der Waals surface area contributed by atoms with Crippen molar-refractivity contribution in [1.29, 1.82) is 0 Å². The lowest BCUT2D eigenvalue weighted by Crippen LogP contribution is -2.12. The van der Waals surface area contributed by atoms with Gasteiger partial charge in [0.1, 0.15) is 4.88 Å². The van der Waals surface area contributed by atoms with E-state index in [1.165, 1.54) is 11.3 Å². The minimum absolute atomic E-state index is 0.168. The number of benzene rings is 1. The number of ether oxygens (including phenoxy) is 1. The smallest absolute Gasteiger partial charge is 0.350 e. The van der Waals surface area contributed by atoms with E-state index < -0.39 is 16.0 Å². The number of hydrogen-bond acceptors (Lipinski definition) is 10. The molecule has 3 aromatic rings. The minimum Gasteiger partial charge on any atom is -0.462 e. The molecule has 0 aliphatic rings. The first kappa shape index (κ1) is 23.8. The molecule has 2 aromatic heterocycles. The second kappa shape index (κ2) is 9.76. The highest BCUT2D eigenvalue weighted by Gasteiger charge is 2.19. The summed E-state index contributed by atoms with van der Waals surface area (Å²) in [5.41, 5.74) is 5.62. The maximum atomic E-state index is 12.6. The van der Waals surface area contributed by atoms with E-state index in [1.807, 2.05) is 6.92 Å². The number of carbonyl (C=O) groups excluding carboxylic acids is 1. The largest absolute Gasteiger partial charge is 0.462 e. The molecule has 0 aliphatic heterocycles. The zero-order chi connectivity index (χ0) is 23.5. The van der Waals surface area contributed by atoms with Crippen molar-refractivity contribution in [1.82, 2.24) is 9.97 Å². The molecule has 2 heterocycles. The molecule has 170 valence electrons. The predicted octanol–water partition coefficient (Wildman–Crippen LogP) is 4.34. The molecule has 12 heteroatoms. The number of esters is 1. The maximum Gasteiger partial charge on any atom is 0.350 e. The third-order valence-corrected chi connectivity index (χ3v) is 7.96. The van der Waals surface area contributed by atoms with Crippen LogP contribution in [0, 0.1) is 20.8 Å². The fourth-order valence-corrected chi connectivity index (χ4v) is 5.63. The number of aromatic nitrogens is 2. The van der Waals surface area contributed by atoms with E-state index >= 15 is 0 Å². The summed E-state index contributed by atoms with van der Waals surface area (Å²) in [5.74, 6) is -0.417. The standard InChI is InChI=1S/C20H23N5O4S3/c1-6-29-18(26)17-13(4)21-19(31-17)24-23-14(5)16-12(3)22-20(30-16)25-32(27,28)15-9-7-11(2)8-10-15/h7-10H,6H2,1-5H3,(H,21,24)(H,22,25)/b23-14+. The van der Waals surface area contributed by atoms with Crippen molar-refractivity contribution in [3.05, 3.63) is 51.0 Å². The fourth-order valence-electron chi connectivity index (χ4n) is 2.68. The number of thiazole rings is 2. The first-order valence-electron chi connectivity index (χ1n) is 9.63. The van der Waals surface area contributed by atoms with Gasteiger partial charge in [0.15, 0.2) is 5.13 Å². The van der Waals surface area contributed by atoms with E-state index in [0.29, 0.717) is 27.1 Å². The van der Waals surface area contributed by atoms with E-state index in [-0.39, 0.29) is 16.6 Å². The summed E-state index contributed by atoms with van der Waals surface area (Å²) in [7, 11) is -3.74. The highest BCUT2D eigenvalue weighted by atomic mass is 32.2. The molecule has 0 saturated carbocycles. The average molecular weight is 494 g/mol. The number of aryl methyl sites for hydroxylation is 3. The number of nitrogens with one attached hydrogen (secondary N) is 2. The van der Waals surface area contributed by atoms with Gasteiger partial charge in [0.25, 0.3) is 10.0 Å². The van der Waals surface area contributed by atoms with Gasteiger partial charge in [-0.2, -0.15) is 5.10 Å². The molecular weight excluding hydrogens is 470 g/mol. The molecule has 0 bridgehead atoms. The van der Waals surface area contributed by atoms with Crippen LogP contribution in [0.25, 0.3) is 0 Å². The summed E-state index contributed by atoms with van der Waals surface area (Å²) in [6.07, 6.45) is 0. The Morgan fingerprint density at radius 3 is 2.28 bits per heavy atom. The second-order valence-electron chi connectivity index (χ2n) is 6.82. The number of rotatable bonds is 8. The normalized spacial score (nSPS) is 12.0. The zero-order valence-electron chi connectivity index (χ0n) is 18.2. The third-order valence-electron chi connectivity index (χ3n) is 4.25. The quantitative estimate of drug-likeness (QED) is 0.272. The van der Waals surface area contributed by atoms with E-state index in [2.05, 4.69) is 25.2 Å². The van der Waals surface area contributed by atoms with Gasteiger partial charge in [0.2, 0.25) is 5.13 Å². The van der Waals surface area contributed by atoms with Crippen LogP contribution in [0.3, 0.4) is 0 Å². The minimum atomic E-state index is -3.74. The predicted molar refractivity (Wildman–Crippen MR) is 127 cm³/mol. The number of nitrogens with zero attached hydrogens (tertiary/aromatic N) is 3. The number of hydrazone groups is 1. The van der Waals surface area contributed by atoms with E-state index in [0.717, 1.165) is 21.8 Å². The van der Waals surface area contributed by atoms with Crippen LogP contribution in [0.15, 0.2) is 34.3 Å². The second-order valence-corrected chi connectivity index (χ2v) is 10.5. The van der Waals surface area contributed by atoms with Crippen molar-refractivity contribution in [2.24, 2.45) is 5.10 Å². The van der Waals surface area contributed by atoms with Gasteiger partial charge < -0.3 is 4.74 Å². The molecule has 0 atom stereocenters. The van der Waals surface area contributed by atoms with Gasteiger partial charge in [0.05, 0.1) is 33.5 Å². The summed E-state index contributed by atoms with van der Waals surface area (Å²) in [4.78, 5) is 21.9. The first-order chi connectivity index (χ1) is 15.1. The number of anilines is 2. The lowest BCUT2D eigenvalue weighted by atomic mass is 10.2. The van der Waals surface area contributed by atoms with Gasteiger partial charge in [0, 0.05) is 0 Å². The summed E-state index contributed by atoms with van der Waals surface area (Å²) in [5, 5.41) is 5.02. The van der Waals surface area contributed by atoms with Crippen LogP contribution < -0.4 is 10.1 Å². The number of carbonyl (C=O) groups is 1. The molecular formula is C20H23N5O4S3. The van der Waals surface area contributed by atoms with Gasteiger partial charge in [-0.25, -0.2) is 23.2 Å².